The van der Waals surface area contributed by atoms with Gasteiger partial charge in [-0.15, -0.1) is 0 Å². The molecule has 1 amide bonds. The molecule has 1 N–H and O–H groups in total. The van der Waals surface area contributed by atoms with E-state index in [4.69, 9.17) is 0 Å². The SMILES string of the molecule is Cc1cccc2c1NC(=O)CC1CS(=O)CCN21. The minimum atomic E-state index is -0.785. The highest BCUT2D eigenvalue weighted by molar-refractivity contribution is 7.85. The molecule has 5 heteroatoms. The molecule has 0 aliphatic carbocycles. The molecule has 18 heavy (non-hydrogen) atoms. The molecule has 96 valence electrons. The Balaban J connectivity index is 2.08. The Morgan fingerprint density at radius 2 is 2.28 bits per heavy atom. The molecule has 2 aliphatic rings. The maximum atomic E-state index is 11.9. The number of nitrogens with zero attached hydrogens (tertiary/aromatic N) is 1. The summed E-state index contributed by atoms with van der Waals surface area (Å²) in [5.41, 5.74) is 3.06. The topological polar surface area (TPSA) is 49.4 Å². The molecule has 2 aliphatic heterocycles. The Bertz CT molecular complexity index is 530. The van der Waals surface area contributed by atoms with E-state index in [2.05, 4.69) is 10.2 Å². The Morgan fingerprint density at radius 3 is 3.11 bits per heavy atom. The van der Waals surface area contributed by atoms with E-state index in [1.165, 1.54) is 0 Å². The van der Waals surface area contributed by atoms with Gasteiger partial charge in [-0.25, -0.2) is 0 Å². The van der Waals surface area contributed by atoms with Crippen molar-refractivity contribution in [3.63, 3.8) is 0 Å². The highest BCUT2D eigenvalue weighted by atomic mass is 32.2. The zero-order valence-electron chi connectivity index (χ0n) is 10.3. The van der Waals surface area contributed by atoms with Crippen LogP contribution in [0.4, 0.5) is 11.4 Å². The van der Waals surface area contributed by atoms with Gasteiger partial charge in [0.15, 0.2) is 0 Å². The van der Waals surface area contributed by atoms with Crippen LogP contribution in [0.3, 0.4) is 0 Å². The van der Waals surface area contributed by atoms with E-state index in [1.54, 1.807) is 0 Å². The Hall–Kier alpha value is -1.36. The number of para-hydroxylation sites is 1. The lowest BCUT2D eigenvalue weighted by atomic mass is 10.1. The third kappa shape index (κ3) is 1.92. The number of hydrogen-bond donors (Lipinski definition) is 1. The molecule has 1 aromatic carbocycles. The molecule has 1 saturated heterocycles. The lowest BCUT2D eigenvalue weighted by molar-refractivity contribution is -0.116. The molecule has 0 spiro atoms. The lowest BCUT2D eigenvalue weighted by Gasteiger charge is -2.35. The van der Waals surface area contributed by atoms with Gasteiger partial charge in [-0.05, 0) is 18.6 Å². The molecule has 2 unspecified atom stereocenters. The maximum Gasteiger partial charge on any atom is 0.226 e. The van der Waals surface area contributed by atoms with Gasteiger partial charge in [0, 0.05) is 41.3 Å². The molecular formula is C13H16N2O2S. The maximum absolute atomic E-state index is 11.9. The molecule has 2 heterocycles. The average molecular weight is 264 g/mol. The predicted molar refractivity (Wildman–Crippen MR) is 73.4 cm³/mol. The van der Waals surface area contributed by atoms with Crippen LogP contribution in [-0.2, 0) is 15.6 Å². The fourth-order valence-electron chi connectivity index (χ4n) is 2.72. The van der Waals surface area contributed by atoms with Crippen molar-refractivity contribution in [2.24, 2.45) is 0 Å². The van der Waals surface area contributed by atoms with Crippen LogP contribution >= 0.6 is 0 Å². The van der Waals surface area contributed by atoms with Crippen molar-refractivity contribution in [2.45, 2.75) is 19.4 Å². The van der Waals surface area contributed by atoms with Crippen molar-refractivity contribution in [3.8, 4) is 0 Å². The number of aryl methyl sites for hydroxylation is 1. The first-order valence-corrected chi connectivity index (χ1v) is 7.65. The number of nitrogens with one attached hydrogen (secondary N) is 1. The van der Waals surface area contributed by atoms with Crippen LogP contribution in [0.1, 0.15) is 12.0 Å². The number of amides is 1. The number of carbonyl (C=O) groups is 1. The molecule has 0 radical (unpaired) electrons. The first-order chi connectivity index (χ1) is 8.65. The molecule has 4 nitrogen and oxygen atoms in total. The third-order valence-corrected chi connectivity index (χ3v) is 5.02. The summed E-state index contributed by atoms with van der Waals surface area (Å²) in [7, 11) is -0.785. The molecule has 1 aromatic rings. The van der Waals surface area contributed by atoms with Crippen LogP contribution in [0.25, 0.3) is 0 Å². The predicted octanol–water partition coefficient (Wildman–Crippen LogP) is 1.27. The number of fused-ring (bicyclic) bond motifs is 3. The van der Waals surface area contributed by atoms with Crippen molar-refractivity contribution in [3.05, 3.63) is 23.8 Å². The summed E-state index contributed by atoms with van der Waals surface area (Å²) in [5, 5.41) is 2.98. The third-order valence-electron chi connectivity index (χ3n) is 3.62. The lowest BCUT2D eigenvalue weighted by Crippen LogP contribution is -2.47. The first kappa shape index (κ1) is 11.7. The van der Waals surface area contributed by atoms with Crippen molar-refractivity contribution in [1.29, 1.82) is 0 Å². The number of rotatable bonds is 0. The van der Waals surface area contributed by atoms with Crippen LogP contribution in [0.2, 0.25) is 0 Å². The van der Waals surface area contributed by atoms with Gasteiger partial charge in [-0.1, -0.05) is 12.1 Å². The Morgan fingerprint density at radius 1 is 1.44 bits per heavy atom. The number of hydrogen-bond acceptors (Lipinski definition) is 3. The summed E-state index contributed by atoms with van der Waals surface area (Å²) in [6.45, 7) is 2.77. The van der Waals surface area contributed by atoms with Gasteiger partial charge in [0.25, 0.3) is 0 Å². The van der Waals surface area contributed by atoms with Gasteiger partial charge in [-0.3, -0.25) is 9.00 Å². The van der Waals surface area contributed by atoms with E-state index in [0.29, 0.717) is 17.9 Å². The minimum absolute atomic E-state index is 0.0250. The summed E-state index contributed by atoms with van der Waals surface area (Å²) < 4.78 is 11.7. The zero-order chi connectivity index (χ0) is 12.7. The standard InChI is InChI=1S/C13H16N2O2S/c1-9-3-2-4-11-13(9)14-12(16)7-10-8-18(17)6-5-15(10)11/h2-4,10H,5-8H2,1H3,(H,14,16). The molecule has 0 saturated carbocycles. The second kappa shape index (κ2) is 4.39. The van der Waals surface area contributed by atoms with Gasteiger partial charge in [0.05, 0.1) is 11.4 Å². The number of carbonyl (C=O) groups excluding carboxylic acids is 1. The fourth-order valence-corrected chi connectivity index (χ4v) is 4.01. The van der Waals surface area contributed by atoms with Gasteiger partial charge >= 0.3 is 0 Å². The molecule has 1 fully saturated rings. The smallest absolute Gasteiger partial charge is 0.226 e. The highest BCUT2D eigenvalue weighted by Crippen LogP contribution is 2.35. The van der Waals surface area contributed by atoms with Crippen LogP contribution in [0.5, 0.6) is 0 Å². The molecule has 0 aromatic heterocycles. The normalized spacial score (nSPS) is 26.9. The molecule has 3 rings (SSSR count). The fraction of sp³-hybridized carbons (Fsp3) is 0.462. The van der Waals surface area contributed by atoms with Crippen molar-refractivity contribution in [1.82, 2.24) is 0 Å². The number of anilines is 2. The van der Waals surface area contributed by atoms with E-state index < -0.39 is 10.8 Å². The summed E-state index contributed by atoms with van der Waals surface area (Å²) in [6, 6.07) is 6.12. The Labute approximate surface area is 109 Å². The number of benzene rings is 1. The Kier molecular flexibility index (Phi) is 2.86. The summed E-state index contributed by atoms with van der Waals surface area (Å²) in [5.74, 6) is 1.32. The minimum Gasteiger partial charge on any atom is -0.364 e. The first-order valence-electron chi connectivity index (χ1n) is 6.16. The van der Waals surface area contributed by atoms with Crippen molar-refractivity contribution >= 4 is 28.1 Å². The van der Waals surface area contributed by atoms with Crippen LogP contribution in [0, 0.1) is 6.92 Å². The van der Waals surface area contributed by atoms with E-state index in [1.807, 2.05) is 25.1 Å². The van der Waals surface area contributed by atoms with E-state index >= 15 is 0 Å². The second-order valence-electron chi connectivity index (χ2n) is 4.88. The highest BCUT2D eigenvalue weighted by Gasteiger charge is 2.32. The van der Waals surface area contributed by atoms with E-state index in [0.717, 1.165) is 23.5 Å². The van der Waals surface area contributed by atoms with E-state index in [9.17, 15) is 9.00 Å². The quantitative estimate of drug-likeness (QED) is 0.768. The largest absolute Gasteiger partial charge is 0.364 e. The zero-order valence-corrected chi connectivity index (χ0v) is 11.1. The van der Waals surface area contributed by atoms with Crippen LogP contribution in [-0.4, -0.2) is 34.2 Å². The summed E-state index contributed by atoms with van der Waals surface area (Å²) in [4.78, 5) is 14.2. The molecular weight excluding hydrogens is 248 g/mol. The average Bonchev–Trinajstić information content (AvgIpc) is 2.45. The summed E-state index contributed by atoms with van der Waals surface area (Å²) >= 11 is 0. The van der Waals surface area contributed by atoms with Crippen LogP contribution < -0.4 is 10.2 Å². The van der Waals surface area contributed by atoms with Crippen LogP contribution in [0.15, 0.2) is 18.2 Å². The van der Waals surface area contributed by atoms with Crippen molar-refractivity contribution < 1.29 is 9.00 Å². The second-order valence-corrected chi connectivity index (χ2v) is 6.50. The van der Waals surface area contributed by atoms with Crippen molar-refractivity contribution in [2.75, 3.05) is 28.3 Å². The van der Waals surface area contributed by atoms with Gasteiger partial charge in [0.2, 0.25) is 5.91 Å². The summed E-state index contributed by atoms with van der Waals surface area (Å²) in [6.07, 6.45) is 0.430. The van der Waals surface area contributed by atoms with Gasteiger partial charge < -0.3 is 10.2 Å². The van der Waals surface area contributed by atoms with Gasteiger partial charge in [0.1, 0.15) is 0 Å². The van der Waals surface area contributed by atoms with E-state index in [-0.39, 0.29) is 11.9 Å². The molecule has 2 atom stereocenters. The molecule has 0 bridgehead atoms. The monoisotopic (exact) mass is 264 g/mol. The van der Waals surface area contributed by atoms with Gasteiger partial charge in [-0.2, -0.15) is 0 Å².